The molecular formula is C15H13Cl2FN2O. The van der Waals surface area contributed by atoms with Crippen LogP contribution in [0.5, 0.6) is 0 Å². The SMILES string of the molecule is Cc1cc(C)c(C(=O)Nc2c(Cl)cc(F)cc2Cl)cc1N. The van der Waals surface area contributed by atoms with Gasteiger partial charge >= 0.3 is 0 Å². The van der Waals surface area contributed by atoms with E-state index < -0.39 is 11.7 Å². The molecule has 0 spiro atoms. The van der Waals surface area contributed by atoms with Crippen LogP contribution in [0.3, 0.4) is 0 Å². The van der Waals surface area contributed by atoms with Crippen molar-refractivity contribution in [1.29, 1.82) is 0 Å². The standard InChI is InChI=1S/C15H13Cl2FN2O/c1-7-3-8(2)13(19)6-10(7)15(21)20-14-11(16)4-9(18)5-12(14)17/h3-6H,19H2,1-2H3,(H,20,21). The van der Waals surface area contributed by atoms with Crippen molar-refractivity contribution in [1.82, 2.24) is 0 Å². The summed E-state index contributed by atoms with van der Waals surface area (Å²) in [5.74, 6) is -0.978. The number of carbonyl (C=O) groups excluding carboxylic acids is 1. The van der Waals surface area contributed by atoms with E-state index >= 15 is 0 Å². The van der Waals surface area contributed by atoms with Crippen molar-refractivity contribution < 1.29 is 9.18 Å². The monoisotopic (exact) mass is 326 g/mol. The Balaban J connectivity index is 2.37. The maximum absolute atomic E-state index is 13.1. The summed E-state index contributed by atoms with van der Waals surface area (Å²) in [4.78, 5) is 12.3. The van der Waals surface area contributed by atoms with Crippen molar-refractivity contribution in [2.24, 2.45) is 0 Å². The lowest BCUT2D eigenvalue weighted by Crippen LogP contribution is -2.15. The first-order chi connectivity index (χ1) is 9.79. The summed E-state index contributed by atoms with van der Waals surface area (Å²) >= 11 is 11.8. The predicted octanol–water partition coefficient (Wildman–Crippen LogP) is 4.58. The fourth-order valence-corrected chi connectivity index (χ4v) is 2.51. The van der Waals surface area contributed by atoms with Crippen molar-refractivity contribution in [2.45, 2.75) is 13.8 Å². The van der Waals surface area contributed by atoms with E-state index in [2.05, 4.69) is 5.32 Å². The van der Waals surface area contributed by atoms with Gasteiger partial charge in [-0.15, -0.1) is 0 Å². The Morgan fingerprint density at radius 1 is 1.10 bits per heavy atom. The van der Waals surface area contributed by atoms with Gasteiger partial charge in [-0.2, -0.15) is 0 Å². The molecule has 0 saturated heterocycles. The summed E-state index contributed by atoms with van der Waals surface area (Å²) in [7, 11) is 0. The van der Waals surface area contributed by atoms with Crippen LogP contribution >= 0.6 is 23.2 Å². The lowest BCUT2D eigenvalue weighted by molar-refractivity contribution is 0.102. The number of anilines is 2. The minimum atomic E-state index is -0.571. The first-order valence-corrected chi connectivity index (χ1v) is 6.88. The molecule has 0 aromatic heterocycles. The van der Waals surface area contributed by atoms with Crippen molar-refractivity contribution in [3.05, 3.63) is 56.8 Å². The second kappa shape index (κ2) is 5.92. The fraction of sp³-hybridized carbons (Fsp3) is 0.133. The van der Waals surface area contributed by atoms with Crippen LogP contribution < -0.4 is 11.1 Å². The van der Waals surface area contributed by atoms with Crippen LogP contribution in [0.2, 0.25) is 10.0 Å². The maximum Gasteiger partial charge on any atom is 0.256 e. The van der Waals surface area contributed by atoms with E-state index in [4.69, 9.17) is 28.9 Å². The van der Waals surface area contributed by atoms with Crippen LogP contribution in [0.1, 0.15) is 21.5 Å². The lowest BCUT2D eigenvalue weighted by Gasteiger charge is -2.12. The molecule has 0 atom stereocenters. The van der Waals surface area contributed by atoms with Gasteiger partial charge < -0.3 is 11.1 Å². The summed E-state index contributed by atoms with van der Waals surface area (Å²) in [5, 5.41) is 2.65. The largest absolute Gasteiger partial charge is 0.398 e. The van der Waals surface area contributed by atoms with E-state index in [9.17, 15) is 9.18 Å². The molecule has 0 aliphatic heterocycles. The van der Waals surface area contributed by atoms with Gasteiger partial charge in [-0.05, 0) is 43.2 Å². The minimum absolute atomic E-state index is 0.0334. The molecule has 0 fully saturated rings. The fourth-order valence-electron chi connectivity index (χ4n) is 1.96. The average molecular weight is 327 g/mol. The molecule has 0 radical (unpaired) electrons. The normalized spacial score (nSPS) is 10.5. The third-order valence-electron chi connectivity index (χ3n) is 3.10. The van der Waals surface area contributed by atoms with Crippen LogP contribution in [0.4, 0.5) is 15.8 Å². The van der Waals surface area contributed by atoms with E-state index in [-0.39, 0.29) is 15.7 Å². The van der Waals surface area contributed by atoms with Crippen LogP contribution in [0, 0.1) is 19.7 Å². The molecule has 1 amide bonds. The van der Waals surface area contributed by atoms with Gasteiger partial charge in [0.2, 0.25) is 0 Å². The number of benzene rings is 2. The Kier molecular flexibility index (Phi) is 4.40. The smallest absolute Gasteiger partial charge is 0.256 e. The van der Waals surface area contributed by atoms with Gasteiger partial charge in [0.1, 0.15) is 5.82 Å². The second-order valence-electron chi connectivity index (χ2n) is 4.72. The highest BCUT2D eigenvalue weighted by molar-refractivity contribution is 6.40. The maximum atomic E-state index is 13.1. The molecule has 0 bridgehead atoms. The summed E-state index contributed by atoms with van der Waals surface area (Å²) in [6.45, 7) is 3.66. The van der Waals surface area contributed by atoms with Crippen LogP contribution in [0.15, 0.2) is 24.3 Å². The Morgan fingerprint density at radius 3 is 2.24 bits per heavy atom. The highest BCUT2D eigenvalue weighted by Crippen LogP contribution is 2.32. The second-order valence-corrected chi connectivity index (χ2v) is 5.54. The van der Waals surface area contributed by atoms with Gasteiger partial charge in [-0.25, -0.2) is 4.39 Å². The molecule has 110 valence electrons. The van der Waals surface area contributed by atoms with Gasteiger partial charge in [0, 0.05) is 11.3 Å². The van der Waals surface area contributed by atoms with Gasteiger partial charge in [0.25, 0.3) is 5.91 Å². The lowest BCUT2D eigenvalue weighted by atomic mass is 10.0. The van der Waals surface area contributed by atoms with Crippen LogP contribution in [-0.2, 0) is 0 Å². The molecule has 0 unspecified atom stereocenters. The molecule has 3 nitrogen and oxygen atoms in total. The van der Waals surface area contributed by atoms with E-state index in [1.165, 1.54) is 0 Å². The van der Waals surface area contributed by atoms with E-state index in [0.29, 0.717) is 11.3 Å². The quantitative estimate of drug-likeness (QED) is 0.793. The van der Waals surface area contributed by atoms with Gasteiger partial charge in [0.15, 0.2) is 0 Å². The predicted molar refractivity (Wildman–Crippen MR) is 84.7 cm³/mol. The zero-order valence-corrected chi connectivity index (χ0v) is 12.9. The Hall–Kier alpha value is -1.78. The number of hydrogen-bond acceptors (Lipinski definition) is 2. The number of nitrogen functional groups attached to an aromatic ring is 1. The van der Waals surface area contributed by atoms with Crippen LogP contribution in [-0.4, -0.2) is 5.91 Å². The molecule has 3 N–H and O–H groups in total. The Bertz CT molecular complexity index is 709. The van der Waals surface area contributed by atoms with E-state index in [0.717, 1.165) is 23.3 Å². The molecular weight excluding hydrogens is 314 g/mol. The third-order valence-corrected chi connectivity index (χ3v) is 3.70. The number of carbonyl (C=O) groups is 1. The van der Waals surface area contributed by atoms with E-state index in [1.54, 1.807) is 13.0 Å². The van der Waals surface area contributed by atoms with Crippen molar-refractivity contribution in [3.8, 4) is 0 Å². The first-order valence-electron chi connectivity index (χ1n) is 6.12. The molecule has 0 aliphatic rings. The summed E-state index contributed by atoms with van der Waals surface area (Å²) < 4.78 is 13.1. The number of nitrogens with one attached hydrogen (secondary N) is 1. The molecule has 2 aromatic rings. The number of hydrogen-bond donors (Lipinski definition) is 2. The summed E-state index contributed by atoms with van der Waals surface area (Å²) in [6, 6.07) is 5.57. The molecule has 2 aromatic carbocycles. The number of amides is 1. The highest BCUT2D eigenvalue weighted by atomic mass is 35.5. The number of aryl methyl sites for hydroxylation is 2. The summed E-state index contributed by atoms with van der Waals surface area (Å²) in [5.41, 5.74) is 8.58. The zero-order valence-electron chi connectivity index (χ0n) is 11.4. The first kappa shape index (κ1) is 15.6. The van der Waals surface area contributed by atoms with Gasteiger partial charge in [-0.3, -0.25) is 4.79 Å². The highest BCUT2D eigenvalue weighted by Gasteiger charge is 2.15. The molecule has 0 aliphatic carbocycles. The molecule has 2 rings (SSSR count). The average Bonchev–Trinajstić information content (AvgIpc) is 2.37. The molecule has 0 saturated carbocycles. The van der Waals surface area contributed by atoms with Crippen LogP contribution in [0.25, 0.3) is 0 Å². The number of nitrogens with two attached hydrogens (primary N) is 1. The summed E-state index contributed by atoms with van der Waals surface area (Å²) in [6.07, 6.45) is 0. The molecule has 0 heterocycles. The van der Waals surface area contributed by atoms with Crippen molar-refractivity contribution in [2.75, 3.05) is 11.1 Å². The minimum Gasteiger partial charge on any atom is -0.398 e. The Morgan fingerprint density at radius 2 is 1.67 bits per heavy atom. The third kappa shape index (κ3) is 3.28. The molecule has 21 heavy (non-hydrogen) atoms. The Labute approximate surface area is 131 Å². The topological polar surface area (TPSA) is 55.1 Å². The number of halogens is 3. The van der Waals surface area contributed by atoms with Crippen molar-refractivity contribution in [3.63, 3.8) is 0 Å². The van der Waals surface area contributed by atoms with Gasteiger partial charge in [-0.1, -0.05) is 29.3 Å². The number of rotatable bonds is 2. The van der Waals surface area contributed by atoms with E-state index in [1.807, 2.05) is 13.0 Å². The van der Waals surface area contributed by atoms with Crippen molar-refractivity contribution >= 4 is 40.5 Å². The van der Waals surface area contributed by atoms with Gasteiger partial charge in [0.05, 0.1) is 15.7 Å². The molecule has 6 heteroatoms. The zero-order chi connectivity index (χ0) is 15.7.